The molecule has 0 spiro atoms. The van der Waals surface area contributed by atoms with Crippen molar-refractivity contribution in [3.8, 4) is 0 Å². The topological polar surface area (TPSA) is 24.1 Å². The number of halogens is 2. The molecule has 2 nitrogen and oxygen atoms in total. The lowest BCUT2D eigenvalue weighted by Gasteiger charge is -2.11. The van der Waals surface area contributed by atoms with E-state index in [9.17, 15) is 0 Å². The first kappa shape index (κ1) is 15.1. The van der Waals surface area contributed by atoms with E-state index < -0.39 is 0 Å². The van der Waals surface area contributed by atoms with Crippen molar-refractivity contribution in [3.05, 3.63) is 64.1 Å². The fraction of sp³-hybridized carbons (Fsp3) is 0.133. The lowest BCUT2D eigenvalue weighted by Crippen LogP contribution is -2.30. The van der Waals surface area contributed by atoms with Crippen molar-refractivity contribution in [2.24, 2.45) is 0 Å². The number of anilines is 1. The second kappa shape index (κ2) is 7.48. The van der Waals surface area contributed by atoms with E-state index >= 15 is 0 Å². The first-order valence-corrected chi connectivity index (χ1v) is 7.35. The van der Waals surface area contributed by atoms with E-state index in [0.717, 1.165) is 18.7 Å². The normalized spacial score (nSPS) is 10.1. The van der Waals surface area contributed by atoms with Gasteiger partial charge in [-0.25, -0.2) is 0 Å². The molecule has 0 unspecified atom stereocenters. The molecule has 2 aromatic rings. The maximum Gasteiger partial charge on any atom is 0.170 e. The summed E-state index contributed by atoms with van der Waals surface area (Å²) in [6.07, 6.45) is 0.916. The molecule has 0 saturated heterocycles. The fourth-order valence-corrected chi connectivity index (χ4v) is 2.51. The van der Waals surface area contributed by atoms with Gasteiger partial charge in [0, 0.05) is 22.3 Å². The van der Waals surface area contributed by atoms with Gasteiger partial charge in [0.15, 0.2) is 5.11 Å². The molecule has 0 amide bonds. The first-order chi connectivity index (χ1) is 9.63. The van der Waals surface area contributed by atoms with Crippen LogP contribution < -0.4 is 10.6 Å². The molecule has 0 aliphatic carbocycles. The zero-order valence-corrected chi connectivity index (χ0v) is 13.0. The van der Waals surface area contributed by atoms with Crippen LogP contribution in [0.25, 0.3) is 0 Å². The molecule has 2 aromatic carbocycles. The van der Waals surface area contributed by atoms with Crippen LogP contribution in [-0.4, -0.2) is 11.7 Å². The highest BCUT2D eigenvalue weighted by Gasteiger charge is 2.01. The summed E-state index contributed by atoms with van der Waals surface area (Å²) < 4.78 is 0. The number of rotatable bonds is 4. The molecule has 2 N–H and O–H groups in total. The van der Waals surface area contributed by atoms with Gasteiger partial charge < -0.3 is 10.6 Å². The molecule has 5 heteroatoms. The molecule has 2 rings (SSSR count). The van der Waals surface area contributed by atoms with Crippen LogP contribution >= 0.6 is 35.4 Å². The van der Waals surface area contributed by atoms with Crippen molar-refractivity contribution in [2.75, 3.05) is 11.9 Å². The Kier molecular flexibility index (Phi) is 5.65. The van der Waals surface area contributed by atoms with Crippen molar-refractivity contribution in [1.82, 2.24) is 5.32 Å². The van der Waals surface area contributed by atoms with Gasteiger partial charge >= 0.3 is 0 Å². The summed E-state index contributed by atoms with van der Waals surface area (Å²) in [5.41, 5.74) is 2.05. The number of hydrogen-bond donors (Lipinski definition) is 2. The smallest absolute Gasteiger partial charge is 0.170 e. The Balaban J connectivity index is 1.81. The SMILES string of the molecule is S=C(NCCc1ccccc1)Nc1cc(Cl)cc(Cl)c1. The molecule has 0 aliphatic heterocycles. The van der Waals surface area contributed by atoms with Crippen LogP contribution in [0.2, 0.25) is 10.0 Å². The van der Waals surface area contributed by atoms with Gasteiger partial charge in [-0.05, 0) is 42.4 Å². The number of hydrogen-bond acceptors (Lipinski definition) is 1. The predicted octanol–water partition coefficient (Wildman–Crippen LogP) is 4.52. The molecular weight excluding hydrogens is 311 g/mol. The van der Waals surface area contributed by atoms with Crippen molar-refractivity contribution >= 4 is 46.2 Å². The summed E-state index contributed by atoms with van der Waals surface area (Å²) in [7, 11) is 0. The summed E-state index contributed by atoms with van der Waals surface area (Å²) >= 11 is 17.1. The molecular formula is C15H14Cl2N2S. The molecule has 0 bridgehead atoms. The van der Waals surface area contributed by atoms with Crippen molar-refractivity contribution in [2.45, 2.75) is 6.42 Å². The van der Waals surface area contributed by atoms with Gasteiger partial charge in [-0.15, -0.1) is 0 Å². The maximum absolute atomic E-state index is 5.93. The third-order valence-electron chi connectivity index (χ3n) is 2.66. The van der Waals surface area contributed by atoms with E-state index in [1.54, 1.807) is 18.2 Å². The molecule has 0 heterocycles. The molecule has 20 heavy (non-hydrogen) atoms. The highest BCUT2D eigenvalue weighted by molar-refractivity contribution is 7.80. The molecule has 0 aromatic heterocycles. The Hall–Kier alpha value is -1.29. The molecule has 0 aliphatic rings. The summed E-state index contributed by atoms with van der Waals surface area (Å²) in [6.45, 7) is 0.768. The number of nitrogens with one attached hydrogen (secondary N) is 2. The second-order valence-corrected chi connectivity index (χ2v) is 5.56. The minimum Gasteiger partial charge on any atom is -0.362 e. The molecule has 0 atom stereocenters. The minimum absolute atomic E-state index is 0.555. The highest BCUT2D eigenvalue weighted by atomic mass is 35.5. The van der Waals surface area contributed by atoms with E-state index in [4.69, 9.17) is 35.4 Å². The summed E-state index contributed by atoms with van der Waals surface area (Å²) in [5, 5.41) is 7.92. The highest BCUT2D eigenvalue weighted by Crippen LogP contribution is 2.22. The fourth-order valence-electron chi connectivity index (χ4n) is 1.77. The van der Waals surface area contributed by atoms with Gasteiger partial charge in [0.2, 0.25) is 0 Å². The standard InChI is InChI=1S/C15H14Cl2N2S/c16-12-8-13(17)10-14(9-12)19-15(20)18-7-6-11-4-2-1-3-5-11/h1-5,8-10H,6-7H2,(H2,18,19,20). The molecule has 104 valence electrons. The second-order valence-electron chi connectivity index (χ2n) is 4.27. The molecule has 0 fully saturated rings. The molecule has 0 saturated carbocycles. The minimum atomic E-state index is 0.555. The van der Waals surface area contributed by atoms with Crippen LogP contribution in [-0.2, 0) is 6.42 Å². The van der Waals surface area contributed by atoms with E-state index in [1.165, 1.54) is 5.56 Å². The van der Waals surface area contributed by atoms with Crippen molar-refractivity contribution in [1.29, 1.82) is 0 Å². The Morgan fingerprint density at radius 2 is 1.65 bits per heavy atom. The van der Waals surface area contributed by atoms with Gasteiger partial charge in [0.25, 0.3) is 0 Å². The Morgan fingerprint density at radius 3 is 2.30 bits per heavy atom. The number of thiocarbonyl (C=S) groups is 1. The Labute approximate surface area is 134 Å². The van der Waals surface area contributed by atoms with Crippen LogP contribution in [0.3, 0.4) is 0 Å². The average molecular weight is 325 g/mol. The van der Waals surface area contributed by atoms with Gasteiger partial charge in [-0.1, -0.05) is 53.5 Å². The van der Waals surface area contributed by atoms with Crippen LogP contribution in [0.15, 0.2) is 48.5 Å². The molecule has 0 radical (unpaired) electrons. The van der Waals surface area contributed by atoms with Gasteiger partial charge in [0.05, 0.1) is 0 Å². The van der Waals surface area contributed by atoms with Crippen molar-refractivity contribution in [3.63, 3.8) is 0 Å². The quantitative estimate of drug-likeness (QED) is 0.808. The van der Waals surface area contributed by atoms with Crippen LogP contribution in [0, 0.1) is 0 Å². The van der Waals surface area contributed by atoms with E-state index in [0.29, 0.717) is 15.2 Å². The summed E-state index contributed by atoms with van der Waals surface area (Å²) in [5.74, 6) is 0. The third-order valence-corrected chi connectivity index (χ3v) is 3.35. The van der Waals surface area contributed by atoms with Gasteiger partial charge in [-0.2, -0.15) is 0 Å². The van der Waals surface area contributed by atoms with Crippen molar-refractivity contribution < 1.29 is 0 Å². The maximum atomic E-state index is 5.93. The number of benzene rings is 2. The van der Waals surface area contributed by atoms with Crippen LogP contribution in [0.1, 0.15) is 5.56 Å². The largest absolute Gasteiger partial charge is 0.362 e. The van der Waals surface area contributed by atoms with Crippen LogP contribution in [0.5, 0.6) is 0 Å². The average Bonchev–Trinajstić information content (AvgIpc) is 2.38. The monoisotopic (exact) mass is 324 g/mol. The third kappa shape index (κ3) is 5.00. The van der Waals surface area contributed by atoms with Gasteiger partial charge in [0.1, 0.15) is 0 Å². The van der Waals surface area contributed by atoms with E-state index in [2.05, 4.69) is 22.8 Å². The van der Waals surface area contributed by atoms with Gasteiger partial charge in [-0.3, -0.25) is 0 Å². The van der Waals surface area contributed by atoms with E-state index in [1.807, 2.05) is 18.2 Å². The predicted molar refractivity (Wildman–Crippen MR) is 90.8 cm³/mol. The van der Waals surface area contributed by atoms with Crippen LogP contribution in [0.4, 0.5) is 5.69 Å². The lowest BCUT2D eigenvalue weighted by molar-refractivity contribution is 0.873. The first-order valence-electron chi connectivity index (χ1n) is 6.18. The summed E-state index contributed by atoms with van der Waals surface area (Å²) in [6, 6.07) is 15.5. The Morgan fingerprint density at radius 1 is 1.00 bits per heavy atom. The zero-order valence-electron chi connectivity index (χ0n) is 10.7. The van der Waals surface area contributed by atoms with E-state index in [-0.39, 0.29) is 0 Å². The zero-order chi connectivity index (χ0) is 14.4. The Bertz CT molecular complexity index is 567. The lowest BCUT2D eigenvalue weighted by atomic mass is 10.1. The summed E-state index contributed by atoms with van der Waals surface area (Å²) in [4.78, 5) is 0.